The van der Waals surface area contributed by atoms with Gasteiger partial charge in [-0.25, -0.2) is 8.42 Å². The summed E-state index contributed by atoms with van der Waals surface area (Å²) in [5.74, 6) is 1.38. The van der Waals surface area contributed by atoms with Gasteiger partial charge in [-0.05, 0) is 30.5 Å². The molecule has 1 aromatic carbocycles. The van der Waals surface area contributed by atoms with Gasteiger partial charge in [0.1, 0.15) is 9.84 Å². The van der Waals surface area contributed by atoms with Crippen LogP contribution in [0, 0.1) is 0 Å². The zero-order valence-electron chi connectivity index (χ0n) is 11.3. The Bertz CT molecular complexity index is 494. The van der Waals surface area contributed by atoms with Crippen molar-refractivity contribution in [1.29, 1.82) is 0 Å². The average molecular weight is 272 g/mol. The van der Waals surface area contributed by atoms with Crippen LogP contribution in [0.15, 0.2) is 18.2 Å². The fraction of sp³-hybridized carbons (Fsp3) is 0.538. The second-order valence-electron chi connectivity index (χ2n) is 4.34. The first kappa shape index (κ1) is 14.8. The Labute approximate surface area is 109 Å². The molecule has 0 amide bonds. The highest BCUT2D eigenvalue weighted by molar-refractivity contribution is 7.90. The number of sulfone groups is 1. The maximum atomic E-state index is 11.3. The fourth-order valence-corrected chi connectivity index (χ4v) is 2.92. The molecular formula is C13H20O4S. The third kappa shape index (κ3) is 4.22. The van der Waals surface area contributed by atoms with Crippen LogP contribution in [0.25, 0.3) is 0 Å². The van der Waals surface area contributed by atoms with E-state index in [1.54, 1.807) is 13.2 Å². The van der Waals surface area contributed by atoms with Gasteiger partial charge in [0, 0.05) is 6.26 Å². The molecule has 0 radical (unpaired) electrons. The first-order valence-electron chi connectivity index (χ1n) is 5.85. The largest absolute Gasteiger partial charge is 0.493 e. The van der Waals surface area contributed by atoms with Crippen molar-refractivity contribution in [1.82, 2.24) is 0 Å². The van der Waals surface area contributed by atoms with Crippen molar-refractivity contribution in [3.63, 3.8) is 0 Å². The van der Waals surface area contributed by atoms with Crippen LogP contribution in [0.4, 0.5) is 0 Å². The van der Waals surface area contributed by atoms with Crippen molar-refractivity contribution in [3.8, 4) is 11.5 Å². The van der Waals surface area contributed by atoms with E-state index in [1.807, 2.05) is 26.0 Å². The van der Waals surface area contributed by atoms with Crippen LogP contribution in [0.5, 0.6) is 11.5 Å². The second-order valence-corrected chi connectivity index (χ2v) is 6.52. The average Bonchev–Trinajstić information content (AvgIpc) is 2.27. The SMILES string of the molecule is CCOc1cc([C@H](C)CS(C)(=O)=O)ccc1OC. The molecule has 4 nitrogen and oxygen atoms in total. The van der Waals surface area contributed by atoms with E-state index in [2.05, 4.69) is 0 Å². The number of rotatable bonds is 6. The standard InChI is InChI=1S/C13H20O4S/c1-5-17-13-8-11(6-7-12(13)16-3)10(2)9-18(4,14)15/h6-8,10H,5,9H2,1-4H3/t10-/m1/s1. The molecule has 0 bridgehead atoms. The third-order valence-corrected chi connectivity index (χ3v) is 3.71. The lowest BCUT2D eigenvalue weighted by molar-refractivity contribution is 0.310. The summed E-state index contributed by atoms with van der Waals surface area (Å²) in [6, 6.07) is 5.52. The molecule has 0 aliphatic heterocycles. The van der Waals surface area contributed by atoms with Crippen LogP contribution in [-0.2, 0) is 9.84 Å². The predicted molar refractivity (Wildman–Crippen MR) is 72.3 cm³/mol. The van der Waals surface area contributed by atoms with Crippen molar-refractivity contribution in [3.05, 3.63) is 23.8 Å². The topological polar surface area (TPSA) is 52.6 Å². The van der Waals surface area contributed by atoms with E-state index in [-0.39, 0.29) is 11.7 Å². The van der Waals surface area contributed by atoms with Crippen LogP contribution in [0.3, 0.4) is 0 Å². The summed E-state index contributed by atoms with van der Waals surface area (Å²) in [7, 11) is -1.40. The summed E-state index contributed by atoms with van der Waals surface area (Å²) >= 11 is 0. The van der Waals surface area contributed by atoms with Gasteiger partial charge in [0.2, 0.25) is 0 Å². The van der Waals surface area contributed by atoms with E-state index in [4.69, 9.17) is 9.47 Å². The molecule has 0 spiro atoms. The number of hydrogen-bond acceptors (Lipinski definition) is 4. The Morgan fingerprint density at radius 1 is 1.28 bits per heavy atom. The van der Waals surface area contributed by atoms with Gasteiger partial charge in [0.25, 0.3) is 0 Å². The van der Waals surface area contributed by atoms with Gasteiger partial charge in [-0.1, -0.05) is 13.0 Å². The molecule has 1 rings (SSSR count). The molecule has 1 atom stereocenters. The van der Waals surface area contributed by atoms with Crippen molar-refractivity contribution < 1.29 is 17.9 Å². The van der Waals surface area contributed by atoms with Gasteiger partial charge < -0.3 is 9.47 Å². The minimum absolute atomic E-state index is 0.0647. The Hall–Kier alpha value is -1.23. The third-order valence-electron chi connectivity index (χ3n) is 2.61. The summed E-state index contributed by atoms with van der Waals surface area (Å²) in [5, 5.41) is 0. The Morgan fingerprint density at radius 3 is 2.44 bits per heavy atom. The molecule has 102 valence electrons. The van der Waals surface area contributed by atoms with Crippen molar-refractivity contribution >= 4 is 9.84 Å². The normalized spacial score (nSPS) is 13.1. The summed E-state index contributed by atoms with van der Waals surface area (Å²) in [4.78, 5) is 0. The summed E-state index contributed by atoms with van der Waals surface area (Å²) in [5.41, 5.74) is 0.935. The number of ether oxygens (including phenoxy) is 2. The van der Waals surface area contributed by atoms with Crippen molar-refractivity contribution in [2.45, 2.75) is 19.8 Å². The molecule has 18 heavy (non-hydrogen) atoms. The van der Waals surface area contributed by atoms with E-state index in [9.17, 15) is 8.42 Å². The first-order valence-corrected chi connectivity index (χ1v) is 7.92. The minimum Gasteiger partial charge on any atom is -0.493 e. The highest BCUT2D eigenvalue weighted by atomic mass is 32.2. The molecule has 0 saturated carbocycles. The molecule has 0 aliphatic carbocycles. The monoisotopic (exact) mass is 272 g/mol. The number of hydrogen-bond donors (Lipinski definition) is 0. The van der Waals surface area contributed by atoms with Gasteiger partial charge in [-0.3, -0.25) is 0 Å². The van der Waals surface area contributed by atoms with E-state index >= 15 is 0 Å². The lowest BCUT2D eigenvalue weighted by Crippen LogP contribution is -2.10. The van der Waals surface area contributed by atoms with Crippen LogP contribution in [0.1, 0.15) is 25.3 Å². The summed E-state index contributed by atoms with van der Waals surface area (Å²) in [6.07, 6.45) is 1.25. The van der Waals surface area contributed by atoms with Crippen molar-refractivity contribution in [2.75, 3.05) is 25.7 Å². The summed E-state index contributed by atoms with van der Waals surface area (Å²) in [6.45, 7) is 4.32. The molecule has 0 aromatic heterocycles. The Balaban J connectivity index is 3.00. The smallest absolute Gasteiger partial charge is 0.161 e. The van der Waals surface area contributed by atoms with Crippen molar-refractivity contribution in [2.24, 2.45) is 0 Å². The van der Waals surface area contributed by atoms with Crippen LogP contribution in [0.2, 0.25) is 0 Å². The van der Waals surface area contributed by atoms with Crippen LogP contribution < -0.4 is 9.47 Å². The fourth-order valence-electron chi connectivity index (χ4n) is 1.82. The van der Waals surface area contributed by atoms with E-state index in [0.29, 0.717) is 18.1 Å². The lowest BCUT2D eigenvalue weighted by atomic mass is 10.0. The minimum atomic E-state index is -2.98. The zero-order chi connectivity index (χ0) is 13.8. The maximum absolute atomic E-state index is 11.3. The van der Waals surface area contributed by atoms with Gasteiger partial charge >= 0.3 is 0 Å². The van der Waals surface area contributed by atoms with E-state index < -0.39 is 9.84 Å². The van der Waals surface area contributed by atoms with Crippen LogP contribution in [-0.4, -0.2) is 34.1 Å². The molecule has 5 heteroatoms. The zero-order valence-corrected chi connectivity index (χ0v) is 12.1. The molecule has 0 unspecified atom stereocenters. The highest BCUT2D eigenvalue weighted by Crippen LogP contribution is 2.31. The molecule has 0 aliphatic rings. The predicted octanol–water partition coefficient (Wildman–Crippen LogP) is 2.24. The number of benzene rings is 1. The molecule has 1 aromatic rings. The van der Waals surface area contributed by atoms with E-state index in [0.717, 1.165) is 5.56 Å². The quantitative estimate of drug-likeness (QED) is 0.797. The van der Waals surface area contributed by atoms with E-state index in [1.165, 1.54) is 6.26 Å². The molecular weight excluding hydrogens is 252 g/mol. The summed E-state index contributed by atoms with van der Waals surface area (Å²) < 4.78 is 33.3. The second kappa shape index (κ2) is 6.09. The van der Waals surface area contributed by atoms with Gasteiger partial charge in [-0.15, -0.1) is 0 Å². The Morgan fingerprint density at radius 2 is 1.94 bits per heavy atom. The molecule has 0 fully saturated rings. The van der Waals surface area contributed by atoms with Gasteiger partial charge in [0.05, 0.1) is 19.5 Å². The van der Waals surface area contributed by atoms with Crippen LogP contribution >= 0.6 is 0 Å². The highest BCUT2D eigenvalue weighted by Gasteiger charge is 2.15. The van der Waals surface area contributed by atoms with Gasteiger partial charge in [0.15, 0.2) is 11.5 Å². The molecule has 0 heterocycles. The molecule has 0 N–H and O–H groups in total. The lowest BCUT2D eigenvalue weighted by Gasteiger charge is -2.15. The number of methoxy groups -OCH3 is 1. The molecule has 0 saturated heterocycles. The Kier molecular flexibility index (Phi) is 5.02. The maximum Gasteiger partial charge on any atom is 0.161 e. The first-order chi connectivity index (χ1) is 8.37. The van der Waals surface area contributed by atoms with Gasteiger partial charge in [-0.2, -0.15) is 0 Å².